The molecular weight excluding hydrogens is 362 g/mol. The van der Waals surface area contributed by atoms with Crippen LogP contribution in [0.25, 0.3) is 0 Å². The second-order valence-corrected chi connectivity index (χ2v) is 7.80. The second kappa shape index (κ2) is 7.66. The maximum absolute atomic E-state index is 13.4. The second-order valence-electron chi connectivity index (χ2n) is 7.80. The van der Waals surface area contributed by atoms with Gasteiger partial charge in [-0.05, 0) is 56.4 Å². The van der Waals surface area contributed by atoms with E-state index in [1.54, 1.807) is 12.3 Å². The van der Waals surface area contributed by atoms with Gasteiger partial charge in [-0.25, -0.2) is 4.98 Å². The number of carbonyl (C=O) groups is 2. The van der Waals surface area contributed by atoms with Crippen molar-refractivity contribution >= 4 is 17.5 Å². The molecule has 2 N–H and O–H groups in total. The molecule has 29 heavy (non-hydrogen) atoms. The van der Waals surface area contributed by atoms with Gasteiger partial charge in [0.25, 0.3) is 5.91 Å². The fraction of sp³-hybridized carbons (Fsp3) is 0.292. The molecule has 0 saturated heterocycles. The van der Waals surface area contributed by atoms with Gasteiger partial charge in [0.05, 0.1) is 0 Å². The highest BCUT2D eigenvalue weighted by atomic mass is 16.2. The summed E-state index contributed by atoms with van der Waals surface area (Å²) in [5.74, 6) is 0.0210. The first kappa shape index (κ1) is 19.1. The van der Waals surface area contributed by atoms with Crippen LogP contribution in [0.4, 0.5) is 5.82 Å². The van der Waals surface area contributed by atoms with Gasteiger partial charge in [0.2, 0.25) is 0 Å². The summed E-state index contributed by atoms with van der Waals surface area (Å²) >= 11 is 0. The molecule has 0 fully saturated rings. The number of allylic oxidation sites excluding steroid dienone is 3. The van der Waals surface area contributed by atoms with Crippen LogP contribution in [-0.4, -0.2) is 16.7 Å². The zero-order valence-corrected chi connectivity index (χ0v) is 17.0. The van der Waals surface area contributed by atoms with Crippen molar-refractivity contribution in [3.63, 3.8) is 0 Å². The molecule has 1 aromatic carbocycles. The number of aryl methyl sites for hydroxylation is 2. The Kier molecular flexibility index (Phi) is 5.05. The lowest BCUT2D eigenvalue weighted by atomic mass is 9.74. The van der Waals surface area contributed by atoms with Crippen molar-refractivity contribution in [2.45, 2.75) is 46.0 Å². The minimum atomic E-state index is -0.370. The summed E-state index contributed by atoms with van der Waals surface area (Å²) in [6.45, 7) is 5.89. The average molecular weight is 387 g/mol. The summed E-state index contributed by atoms with van der Waals surface area (Å²) in [4.78, 5) is 30.6. The standard InChI is InChI=1S/C24H25N3O2/c1-14-11-12-20(25-13-14)27-24(29)21-16(3)26-18-9-6-10-19(28)23(18)22(21)17-8-5-4-7-15(17)2/h4-5,7-8,11-13,22,26H,6,9-10H2,1-3H3,(H,25,27,29)/t22-/m1/s1. The van der Waals surface area contributed by atoms with Crippen molar-refractivity contribution in [3.8, 4) is 0 Å². The fourth-order valence-electron chi connectivity index (χ4n) is 4.23. The minimum Gasteiger partial charge on any atom is -0.362 e. The highest BCUT2D eigenvalue weighted by molar-refractivity contribution is 6.09. The number of nitrogens with one attached hydrogen (secondary N) is 2. The predicted molar refractivity (Wildman–Crippen MR) is 113 cm³/mol. The quantitative estimate of drug-likeness (QED) is 0.823. The average Bonchev–Trinajstić information content (AvgIpc) is 2.69. The van der Waals surface area contributed by atoms with Crippen molar-refractivity contribution in [2.75, 3.05) is 5.32 Å². The van der Waals surface area contributed by atoms with Crippen LogP contribution in [0, 0.1) is 13.8 Å². The van der Waals surface area contributed by atoms with Crippen molar-refractivity contribution in [3.05, 3.63) is 81.8 Å². The first-order valence-electron chi connectivity index (χ1n) is 9.99. The van der Waals surface area contributed by atoms with Gasteiger partial charge in [0, 0.05) is 41.1 Å². The largest absolute Gasteiger partial charge is 0.362 e. The molecule has 0 saturated carbocycles. The van der Waals surface area contributed by atoms with Gasteiger partial charge in [-0.15, -0.1) is 0 Å². The Labute approximate surface area is 170 Å². The fourth-order valence-corrected chi connectivity index (χ4v) is 4.23. The van der Waals surface area contributed by atoms with Crippen LogP contribution in [0.2, 0.25) is 0 Å². The number of Topliss-reactive ketones (excluding diaryl/α,β-unsaturated/α-hetero) is 1. The molecule has 2 aliphatic rings. The number of carbonyl (C=O) groups excluding carboxylic acids is 2. The number of nitrogens with zero attached hydrogens (tertiary/aromatic N) is 1. The number of rotatable bonds is 3. The van der Waals surface area contributed by atoms with E-state index in [2.05, 4.69) is 15.6 Å². The Morgan fingerprint density at radius 2 is 1.90 bits per heavy atom. The predicted octanol–water partition coefficient (Wildman–Crippen LogP) is 4.31. The molecule has 1 atom stereocenters. The third-order valence-corrected chi connectivity index (χ3v) is 5.67. The molecule has 1 aliphatic heterocycles. The molecule has 2 heterocycles. The van der Waals surface area contributed by atoms with E-state index in [9.17, 15) is 9.59 Å². The van der Waals surface area contributed by atoms with E-state index in [-0.39, 0.29) is 17.6 Å². The van der Waals surface area contributed by atoms with E-state index in [0.29, 0.717) is 17.8 Å². The molecular formula is C24H25N3O2. The molecule has 148 valence electrons. The highest BCUT2D eigenvalue weighted by Gasteiger charge is 2.38. The van der Waals surface area contributed by atoms with Gasteiger partial charge in [0.15, 0.2) is 5.78 Å². The summed E-state index contributed by atoms with van der Waals surface area (Å²) in [6.07, 6.45) is 3.92. The molecule has 5 nitrogen and oxygen atoms in total. The monoisotopic (exact) mass is 387 g/mol. The third kappa shape index (κ3) is 3.60. The van der Waals surface area contributed by atoms with E-state index in [0.717, 1.165) is 46.5 Å². The topological polar surface area (TPSA) is 71.1 Å². The molecule has 2 aromatic rings. The number of amides is 1. The van der Waals surface area contributed by atoms with Crippen LogP contribution in [0.15, 0.2) is 65.1 Å². The van der Waals surface area contributed by atoms with Crippen molar-refractivity contribution in [1.82, 2.24) is 10.3 Å². The van der Waals surface area contributed by atoms with Crippen LogP contribution >= 0.6 is 0 Å². The van der Waals surface area contributed by atoms with E-state index in [1.807, 2.05) is 51.1 Å². The Morgan fingerprint density at radius 1 is 1.10 bits per heavy atom. The maximum atomic E-state index is 13.4. The molecule has 0 unspecified atom stereocenters. The highest BCUT2D eigenvalue weighted by Crippen LogP contribution is 2.43. The summed E-state index contributed by atoms with van der Waals surface area (Å²) in [5, 5.41) is 6.27. The molecule has 4 rings (SSSR count). The Morgan fingerprint density at radius 3 is 2.62 bits per heavy atom. The lowest BCUT2D eigenvalue weighted by Crippen LogP contribution is -2.35. The SMILES string of the molecule is CC1=C(C(=O)Nc2ccc(C)cn2)[C@@H](c2ccccc2C)C2=C(CCCC2=O)N1. The molecule has 1 aliphatic carbocycles. The summed E-state index contributed by atoms with van der Waals surface area (Å²) in [7, 11) is 0. The Hall–Kier alpha value is -3.21. The third-order valence-electron chi connectivity index (χ3n) is 5.67. The van der Waals surface area contributed by atoms with Crippen LogP contribution < -0.4 is 10.6 Å². The zero-order valence-electron chi connectivity index (χ0n) is 17.0. The van der Waals surface area contributed by atoms with Crippen LogP contribution in [0.1, 0.15) is 48.8 Å². The number of benzene rings is 1. The number of ketones is 1. The van der Waals surface area contributed by atoms with Crippen molar-refractivity contribution in [1.29, 1.82) is 0 Å². The molecule has 1 aromatic heterocycles. The lowest BCUT2D eigenvalue weighted by Gasteiger charge is -2.35. The minimum absolute atomic E-state index is 0.123. The lowest BCUT2D eigenvalue weighted by molar-refractivity contribution is -0.116. The van der Waals surface area contributed by atoms with E-state index in [4.69, 9.17) is 0 Å². The number of hydrogen-bond donors (Lipinski definition) is 2. The van der Waals surface area contributed by atoms with Crippen LogP contribution in [0.5, 0.6) is 0 Å². The first-order chi connectivity index (χ1) is 14.0. The van der Waals surface area contributed by atoms with Crippen LogP contribution in [-0.2, 0) is 9.59 Å². The number of dihydropyridines is 1. The van der Waals surface area contributed by atoms with Gasteiger partial charge in [-0.1, -0.05) is 30.3 Å². The van der Waals surface area contributed by atoms with E-state index >= 15 is 0 Å². The van der Waals surface area contributed by atoms with Gasteiger partial charge in [-0.2, -0.15) is 0 Å². The van der Waals surface area contributed by atoms with E-state index < -0.39 is 0 Å². The van der Waals surface area contributed by atoms with Gasteiger partial charge >= 0.3 is 0 Å². The summed E-state index contributed by atoms with van der Waals surface area (Å²) in [5.41, 5.74) is 6.15. The zero-order chi connectivity index (χ0) is 20.5. The normalized spacial score (nSPS) is 19.0. The number of aromatic nitrogens is 1. The van der Waals surface area contributed by atoms with Gasteiger partial charge < -0.3 is 10.6 Å². The molecule has 0 spiro atoms. The Bertz CT molecular complexity index is 1050. The van der Waals surface area contributed by atoms with Crippen molar-refractivity contribution < 1.29 is 9.59 Å². The summed E-state index contributed by atoms with van der Waals surface area (Å²) < 4.78 is 0. The molecule has 5 heteroatoms. The van der Waals surface area contributed by atoms with E-state index in [1.165, 1.54) is 0 Å². The maximum Gasteiger partial charge on any atom is 0.255 e. The number of hydrogen-bond acceptors (Lipinski definition) is 4. The van der Waals surface area contributed by atoms with Gasteiger partial charge in [0.1, 0.15) is 5.82 Å². The number of anilines is 1. The molecule has 0 radical (unpaired) electrons. The van der Waals surface area contributed by atoms with Crippen LogP contribution in [0.3, 0.4) is 0 Å². The van der Waals surface area contributed by atoms with Crippen molar-refractivity contribution in [2.24, 2.45) is 0 Å². The number of pyridine rings is 1. The van der Waals surface area contributed by atoms with Gasteiger partial charge in [-0.3, -0.25) is 9.59 Å². The summed E-state index contributed by atoms with van der Waals surface area (Å²) in [6, 6.07) is 11.7. The Balaban J connectivity index is 1.80. The first-order valence-corrected chi connectivity index (χ1v) is 9.99. The smallest absolute Gasteiger partial charge is 0.255 e. The molecule has 0 bridgehead atoms. The molecule has 1 amide bonds.